The number of hydrogen-bond donors (Lipinski definition) is 0. The van der Waals surface area contributed by atoms with E-state index < -0.39 is 0 Å². The van der Waals surface area contributed by atoms with E-state index >= 15 is 0 Å². The molecule has 0 fully saturated rings. The van der Waals surface area contributed by atoms with Crippen molar-refractivity contribution in [1.82, 2.24) is 0 Å². The number of hydrogen-bond acceptors (Lipinski definition) is 0. The minimum absolute atomic E-state index is 1.22. The van der Waals surface area contributed by atoms with Gasteiger partial charge in [0.1, 0.15) is 0 Å². The lowest BCUT2D eigenvalue weighted by atomic mass is 9.91. The third kappa shape index (κ3) is 1.95. The highest BCUT2D eigenvalue weighted by Crippen LogP contribution is 2.29. The van der Waals surface area contributed by atoms with Crippen LogP contribution in [0.2, 0.25) is 0 Å². The van der Waals surface area contributed by atoms with Gasteiger partial charge in [-0.05, 0) is 37.3 Å². The molecule has 0 heterocycles. The maximum absolute atomic E-state index is 2.35. The summed E-state index contributed by atoms with van der Waals surface area (Å²) in [7, 11) is 0. The largest absolute Gasteiger partial charge is 0.0844 e. The van der Waals surface area contributed by atoms with Gasteiger partial charge in [-0.3, -0.25) is 0 Å². The van der Waals surface area contributed by atoms with E-state index in [0.717, 1.165) is 0 Å². The van der Waals surface area contributed by atoms with Crippen molar-refractivity contribution in [1.29, 1.82) is 0 Å². The van der Waals surface area contributed by atoms with E-state index in [2.05, 4.69) is 49.4 Å². The molecule has 1 aliphatic carbocycles. The number of rotatable bonds is 1. The molecule has 0 spiro atoms. The topological polar surface area (TPSA) is 0 Å². The molecule has 0 radical (unpaired) electrons. The Morgan fingerprint density at radius 2 is 1.86 bits per heavy atom. The maximum atomic E-state index is 2.35. The Hall–Kier alpha value is -1.30. The summed E-state index contributed by atoms with van der Waals surface area (Å²) in [5, 5.41) is 0. The molecule has 1 aromatic carbocycles. The first-order valence-electron chi connectivity index (χ1n) is 5.31. The van der Waals surface area contributed by atoms with E-state index in [0.29, 0.717) is 0 Å². The first-order valence-corrected chi connectivity index (χ1v) is 5.31. The maximum Gasteiger partial charge on any atom is -0.0224 e. The van der Waals surface area contributed by atoms with E-state index in [1.165, 1.54) is 36.0 Å². The fourth-order valence-corrected chi connectivity index (χ4v) is 1.96. The minimum Gasteiger partial charge on any atom is -0.0844 e. The van der Waals surface area contributed by atoms with Crippen LogP contribution in [0, 0.1) is 0 Å². The number of benzene rings is 1. The molecule has 0 N–H and O–H groups in total. The van der Waals surface area contributed by atoms with Crippen LogP contribution < -0.4 is 0 Å². The summed E-state index contributed by atoms with van der Waals surface area (Å²) < 4.78 is 0. The summed E-state index contributed by atoms with van der Waals surface area (Å²) in [5.41, 5.74) is 4.35. The molecule has 0 aliphatic heterocycles. The molecule has 14 heavy (non-hydrogen) atoms. The molecular formula is C14H16. The van der Waals surface area contributed by atoms with Gasteiger partial charge in [-0.15, -0.1) is 0 Å². The predicted octanol–water partition coefficient (Wildman–Crippen LogP) is 4.20. The molecule has 0 amide bonds. The highest BCUT2D eigenvalue weighted by atomic mass is 14.1. The monoisotopic (exact) mass is 184 g/mol. The van der Waals surface area contributed by atoms with Gasteiger partial charge in [0.05, 0.1) is 0 Å². The first-order chi connectivity index (χ1) is 6.90. The molecule has 0 heteroatoms. The van der Waals surface area contributed by atoms with Gasteiger partial charge in [0.2, 0.25) is 0 Å². The molecule has 0 aromatic heterocycles. The molecule has 2 rings (SSSR count). The summed E-state index contributed by atoms with van der Waals surface area (Å²) >= 11 is 0. The Morgan fingerprint density at radius 1 is 1.07 bits per heavy atom. The van der Waals surface area contributed by atoms with Crippen molar-refractivity contribution in [3.8, 4) is 0 Å². The second-order valence-corrected chi connectivity index (χ2v) is 3.75. The Balaban J connectivity index is 2.31. The fraction of sp³-hybridized carbons (Fsp3) is 0.286. The van der Waals surface area contributed by atoms with Gasteiger partial charge in [-0.25, -0.2) is 0 Å². The van der Waals surface area contributed by atoms with Gasteiger partial charge in [-0.1, -0.05) is 48.1 Å². The van der Waals surface area contributed by atoms with E-state index in [1.807, 2.05) is 0 Å². The van der Waals surface area contributed by atoms with Crippen LogP contribution in [-0.4, -0.2) is 0 Å². The zero-order valence-corrected chi connectivity index (χ0v) is 8.66. The molecule has 1 aliphatic rings. The molecule has 1 aromatic rings. The highest BCUT2D eigenvalue weighted by Gasteiger charge is 2.07. The van der Waals surface area contributed by atoms with E-state index in [-0.39, 0.29) is 0 Å². The van der Waals surface area contributed by atoms with E-state index in [1.54, 1.807) is 0 Å². The fourth-order valence-electron chi connectivity index (χ4n) is 1.96. The Labute approximate surface area is 86.0 Å². The lowest BCUT2D eigenvalue weighted by Crippen LogP contribution is -1.94. The van der Waals surface area contributed by atoms with Crippen molar-refractivity contribution in [2.24, 2.45) is 0 Å². The van der Waals surface area contributed by atoms with Crippen LogP contribution in [0.3, 0.4) is 0 Å². The van der Waals surface area contributed by atoms with Crippen LogP contribution in [0.25, 0.3) is 5.57 Å². The van der Waals surface area contributed by atoms with Crippen LogP contribution in [0.4, 0.5) is 0 Å². The minimum atomic E-state index is 1.22. The molecule has 0 saturated heterocycles. The summed E-state index contributed by atoms with van der Waals surface area (Å²) in [6, 6.07) is 10.7. The standard InChI is InChI=1S/C14H16/c1-2-12-7-6-10-14(11-12)13-8-4-3-5-9-13/h2-5,8-9,11H,6-7,10H2,1H3/b12-2-. The van der Waals surface area contributed by atoms with Gasteiger partial charge in [0.15, 0.2) is 0 Å². The lowest BCUT2D eigenvalue weighted by molar-refractivity contribution is 0.833. The van der Waals surface area contributed by atoms with Crippen LogP contribution in [0.5, 0.6) is 0 Å². The van der Waals surface area contributed by atoms with Crippen LogP contribution in [0.15, 0.2) is 48.1 Å². The normalized spacial score (nSPS) is 19.5. The van der Waals surface area contributed by atoms with Crippen LogP contribution in [-0.2, 0) is 0 Å². The van der Waals surface area contributed by atoms with Gasteiger partial charge in [0, 0.05) is 0 Å². The van der Waals surface area contributed by atoms with Crippen molar-refractivity contribution in [3.63, 3.8) is 0 Å². The SMILES string of the molecule is C/C=C1\C=C(c2ccccc2)CCC1. The number of allylic oxidation sites excluding steroid dienone is 4. The Kier molecular flexibility index (Phi) is 2.83. The van der Waals surface area contributed by atoms with Crippen LogP contribution in [0.1, 0.15) is 31.7 Å². The third-order valence-electron chi connectivity index (χ3n) is 2.79. The van der Waals surface area contributed by atoms with E-state index in [9.17, 15) is 0 Å². The average molecular weight is 184 g/mol. The van der Waals surface area contributed by atoms with Crippen molar-refractivity contribution in [3.05, 3.63) is 53.6 Å². The predicted molar refractivity (Wildman–Crippen MR) is 62.0 cm³/mol. The second kappa shape index (κ2) is 4.28. The summed E-state index contributed by atoms with van der Waals surface area (Å²) in [5.74, 6) is 0. The smallest absolute Gasteiger partial charge is 0.0224 e. The van der Waals surface area contributed by atoms with Crippen molar-refractivity contribution in [2.75, 3.05) is 0 Å². The van der Waals surface area contributed by atoms with Crippen molar-refractivity contribution in [2.45, 2.75) is 26.2 Å². The quantitative estimate of drug-likeness (QED) is 0.613. The van der Waals surface area contributed by atoms with Crippen molar-refractivity contribution < 1.29 is 0 Å². The van der Waals surface area contributed by atoms with Crippen molar-refractivity contribution >= 4 is 5.57 Å². The van der Waals surface area contributed by atoms with Gasteiger partial charge in [-0.2, -0.15) is 0 Å². The molecule has 72 valence electrons. The Morgan fingerprint density at radius 3 is 2.57 bits per heavy atom. The van der Waals surface area contributed by atoms with E-state index in [4.69, 9.17) is 0 Å². The van der Waals surface area contributed by atoms with Crippen LogP contribution >= 0.6 is 0 Å². The molecule has 0 saturated carbocycles. The average Bonchev–Trinajstić information content (AvgIpc) is 2.30. The second-order valence-electron chi connectivity index (χ2n) is 3.75. The zero-order valence-electron chi connectivity index (χ0n) is 8.66. The molecular weight excluding hydrogens is 168 g/mol. The molecule has 0 nitrogen and oxygen atoms in total. The highest BCUT2D eigenvalue weighted by molar-refractivity contribution is 5.69. The Bertz CT molecular complexity index is 355. The molecule has 0 unspecified atom stereocenters. The summed E-state index contributed by atoms with van der Waals surface area (Å²) in [6.45, 7) is 2.12. The lowest BCUT2D eigenvalue weighted by Gasteiger charge is -2.15. The summed E-state index contributed by atoms with van der Waals surface area (Å²) in [6.07, 6.45) is 8.33. The van der Waals surface area contributed by atoms with Gasteiger partial charge < -0.3 is 0 Å². The molecule has 0 bridgehead atoms. The summed E-state index contributed by atoms with van der Waals surface area (Å²) in [4.78, 5) is 0. The molecule has 0 atom stereocenters. The van der Waals surface area contributed by atoms with Gasteiger partial charge >= 0.3 is 0 Å². The van der Waals surface area contributed by atoms with Gasteiger partial charge in [0.25, 0.3) is 0 Å². The zero-order chi connectivity index (χ0) is 9.80. The first kappa shape index (κ1) is 9.26. The third-order valence-corrected chi connectivity index (χ3v) is 2.79.